The van der Waals surface area contributed by atoms with Crippen molar-refractivity contribution in [2.45, 2.75) is 64.2 Å². The number of rotatable bonds is 9. The summed E-state index contributed by atoms with van der Waals surface area (Å²) >= 11 is 4.09. The maximum atomic E-state index is 12.6. The molecule has 0 aromatic carbocycles. The minimum Gasteiger partial charge on any atom is -0.480 e. The van der Waals surface area contributed by atoms with Crippen LogP contribution in [-0.2, 0) is 19.2 Å². The zero-order valence-corrected chi connectivity index (χ0v) is 16.9. The summed E-state index contributed by atoms with van der Waals surface area (Å²) < 4.78 is 0. The second-order valence-electron chi connectivity index (χ2n) is 7.25. The molecule has 1 aliphatic heterocycles. The number of carbonyl (C=O) groups excluding carboxylic acids is 3. The summed E-state index contributed by atoms with van der Waals surface area (Å²) in [5.41, 5.74) is 5.62. The lowest BCUT2D eigenvalue weighted by atomic mass is 10.0. The maximum Gasteiger partial charge on any atom is 0.326 e. The molecular weight excluding hydrogens is 372 g/mol. The molecule has 1 heterocycles. The van der Waals surface area contributed by atoms with Gasteiger partial charge in [-0.3, -0.25) is 14.4 Å². The average Bonchev–Trinajstić information content (AvgIpc) is 3.06. The molecule has 1 aliphatic rings. The number of carboxylic acid groups (broad SMARTS) is 1. The van der Waals surface area contributed by atoms with E-state index in [4.69, 9.17) is 5.73 Å². The van der Waals surface area contributed by atoms with Crippen molar-refractivity contribution in [2.24, 2.45) is 11.7 Å². The molecule has 0 aliphatic carbocycles. The van der Waals surface area contributed by atoms with Crippen LogP contribution in [0.2, 0.25) is 0 Å². The molecule has 0 aromatic rings. The van der Waals surface area contributed by atoms with E-state index in [2.05, 4.69) is 23.3 Å². The van der Waals surface area contributed by atoms with Crippen LogP contribution < -0.4 is 16.4 Å². The molecule has 0 bridgehead atoms. The summed E-state index contributed by atoms with van der Waals surface area (Å²) in [5, 5.41) is 14.3. The van der Waals surface area contributed by atoms with Gasteiger partial charge in [-0.1, -0.05) is 13.8 Å². The molecular formula is C17H30N4O5S. The van der Waals surface area contributed by atoms with Gasteiger partial charge in [-0.15, -0.1) is 0 Å². The van der Waals surface area contributed by atoms with Crippen LogP contribution in [0.3, 0.4) is 0 Å². The minimum atomic E-state index is -1.13. The summed E-state index contributed by atoms with van der Waals surface area (Å²) in [5.74, 6) is -2.46. The van der Waals surface area contributed by atoms with Crippen LogP contribution in [0.4, 0.5) is 0 Å². The summed E-state index contributed by atoms with van der Waals surface area (Å²) in [4.78, 5) is 49.9. The monoisotopic (exact) mass is 402 g/mol. The molecule has 4 unspecified atom stereocenters. The van der Waals surface area contributed by atoms with E-state index in [1.54, 1.807) is 6.92 Å². The molecule has 27 heavy (non-hydrogen) atoms. The first-order chi connectivity index (χ1) is 12.6. The third-order valence-corrected chi connectivity index (χ3v) is 4.73. The highest BCUT2D eigenvalue weighted by atomic mass is 32.1. The first-order valence-corrected chi connectivity index (χ1v) is 9.72. The predicted molar refractivity (Wildman–Crippen MR) is 103 cm³/mol. The molecule has 1 rings (SSSR count). The number of amides is 3. The highest BCUT2D eigenvalue weighted by Gasteiger charge is 2.36. The van der Waals surface area contributed by atoms with Gasteiger partial charge in [0.15, 0.2) is 0 Å². The van der Waals surface area contributed by atoms with Gasteiger partial charge in [-0.2, -0.15) is 12.6 Å². The molecule has 9 nitrogen and oxygen atoms in total. The zero-order valence-electron chi connectivity index (χ0n) is 16.0. The molecule has 5 N–H and O–H groups in total. The molecule has 0 spiro atoms. The summed E-state index contributed by atoms with van der Waals surface area (Å²) in [7, 11) is 0. The fourth-order valence-electron chi connectivity index (χ4n) is 2.99. The van der Waals surface area contributed by atoms with Crippen molar-refractivity contribution < 1.29 is 24.3 Å². The normalized spacial score (nSPS) is 20.1. The van der Waals surface area contributed by atoms with Crippen molar-refractivity contribution in [1.82, 2.24) is 15.5 Å². The van der Waals surface area contributed by atoms with Crippen molar-refractivity contribution in [2.75, 3.05) is 12.3 Å². The van der Waals surface area contributed by atoms with E-state index in [0.29, 0.717) is 19.4 Å². The quantitative estimate of drug-likeness (QED) is 0.325. The number of nitrogens with one attached hydrogen (secondary N) is 2. The number of hydrogen-bond donors (Lipinski definition) is 5. The lowest BCUT2D eigenvalue weighted by molar-refractivity contribution is -0.143. The molecule has 0 aromatic heterocycles. The molecule has 0 saturated carbocycles. The number of nitrogens with two attached hydrogens (primary N) is 1. The van der Waals surface area contributed by atoms with Gasteiger partial charge in [-0.05, 0) is 32.1 Å². The lowest BCUT2D eigenvalue weighted by Crippen LogP contribution is -2.57. The second kappa shape index (κ2) is 10.5. The molecule has 1 saturated heterocycles. The van der Waals surface area contributed by atoms with Gasteiger partial charge in [0.1, 0.15) is 18.1 Å². The number of thiol groups is 1. The molecule has 154 valence electrons. The van der Waals surface area contributed by atoms with E-state index < -0.39 is 42.0 Å². The Bertz CT molecular complexity index is 570. The Morgan fingerprint density at radius 1 is 1.19 bits per heavy atom. The van der Waals surface area contributed by atoms with Gasteiger partial charge in [0.2, 0.25) is 17.7 Å². The number of aliphatic carboxylic acids is 1. The first-order valence-electron chi connectivity index (χ1n) is 9.08. The molecule has 10 heteroatoms. The van der Waals surface area contributed by atoms with E-state index in [-0.39, 0.29) is 24.0 Å². The van der Waals surface area contributed by atoms with Gasteiger partial charge < -0.3 is 26.4 Å². The van der Waals surface area contributed by atoms with Gasteiger partial charge in [0.05, 0.1) is 6.04 Å². The minimum absolute atomic E-state index is 0.000447. The summed E-state index contributed by atoms with van der Waals surface area (Å²) in [6, 6.07) is -3.44. The highest BCUT2D eigenvalue weighted by molar-refractivity contribution is 7.80. The Kier molecular flexibility index (Phi) is 9.04. The van der Waals surface area contributed by atoms with E-state index in [1.807, 2.05) is 13.8 Å². The average molecular weight is 403 g/mol. The van der Waals surface area contributed by atoms with Crippen LogP contribution in [0.1, 0.15) is 40.0 Å². The number of carboxylic acids is 1. The van der Waals surface area contributed by atoms with Crippen molar-refractivity contribution in [3.63, 3.8) is 0 Å². The van der Waals surface area contributed by atoms with Crippen LogP contribution in [0, 0.1) is 5.92 Å². The fraction of sp³-hybridized carbons (Fsp3) is 0.765. The van der Waals surface area contributed by atoms with Crippen LogP contribution in [-0.4, -0.2) is 70.2 Å². The van der Waals surface area contributed by atoms with Crippen molar-refractivity contribution >= 4 is 36.3 Å². The standard InChI is InChI=1S/C17H30N4O5S/c1-9(2)7-11(17(25)26)19-14(22)12(8-27)20-15(23)13-5-4-6-21(13)16(24)10(3)18/h9-13,27H,4-8,18H2,1-3H3,(H,19,22)(H,20,23)(H,25,26). The number of carbonyl (C=O) groups is 4. The Labute approximate surface area is 164 Å². The lowest BCUT2D eigenvalue weighted by Gasteiger charge is -2.27. The molecule has 3 amide bonds. The van der Waals surface area contributed by atoms with Gasteiger partial charge in [0.25, 0.3) is 0 Å². The third-order valence-electron chi connectivity index (χ3n) is 4.37. The van der Waals surface area contributed by atoms with Crippen molar-refractivity contribution in [1.29, 1.82) is 0 Å². The Morgan fingerprint density at radius 3 is 2.30 bits per heavy atom. The fourth-order valence-corrected chi connectivity index (χ4v) is 3.25. The smallest absolute Gasteiger partial charge is 0.326 e. The summed E-state index contributed by atoms with van der Waals surface area (Å²) in [6.45, 7) is 5.69. The van der Waals surface area contributed by atoms with Crippen molar-refractivity contribution in [3.05, 3.63) is 0 Å². The Balaban J connectivity index is 2.75. The van der Waals surface area contributed by atoms with Crippen molar-refractivity contribution in [3.8, 4) is 0 Å². The second-order valence-corrected chi connectivity index (χ2v) is 7.62. The Hall–Kier alpha value is -1.81. The van der Waals surface area contributed by atoms with Gasteiger partial charge in [0, 0.05) is 12.3 Å². The van der Waals surface area contributed by atoms with E-state index in [0.717, 1.165) is 0 Å². The largest absolute Gasteiger partial charge is 0.480 e. The molecule has 1 fully saturated rings. The maximum absolute atomic E-state index is 12.6. The third kappa shape index (κ3) is 6.69. The molecule has 0 radical (unpaired) electrons. The number of likely N-dealkylation sites (tertiary alicyclic amines) is 1. The predicted octanol–water partition coefficient (Wildman–Crippen LogP) is -0.645. The van der Waals surface area contributed by atoms with Gasteiger partial charge in [-0.25, -0.2) is 4.79 Å². The number of nitrogens with zero attached hydrogens (tertiary/aromatic N) is 1. The van der Waals surface area contributed by atoms with E-state index >= 15 is 0 Å². The first kappa shape index (κ1) is 23.2. The SMILES string of the molecule is CC(C)CC(NC(=O)C(CS)NC(=O)C1CCCN1C(=O)C(C)N)C(=O)O. The van der Waals surface area contributed by atoms with Crippen LogP contribution in [0.5, 0.6) is 0 Å². The van der Waals surface area contributed by atoms with E-state index in [1.165, 1.54) is 4.90 Å². The number of hydrogen-bond acceptors (Lipinski definition) is 6. The molecule has 4 atom stereocenters. The highest BCUT2D eigenvalue weighted by Crippen LogP contribution is 2.18. The van der Waals surface area contributed by atoms with E-state index in [9.17, 15) is 24.3 Å². The zero-order chi connectivity index (χ0) is 20.7. The summed E-state index contributed by atoms with van der Waals surface area (Å²) in [6.07, 6.45) is 1.42. The van der Waals surface area contributed by atoms with Crippen LogP contribution >= 0.6 is 12.6 Å². The van der Waals surface area contributed by atoms with Crippen LogP contribution in [0.15, 0.2) is 0 Å². The Morgan fingerprint density at radius 2 is 1.81 bits per heavy atom. The topological polar surface area (TPSA) is 142 Å². The van der Waals surface area contributed by atoms with Crippen LogP contribution in [0.25, 0.3) is 0 Å². The van der Waals surface area contributed by atoms with Gasteiger partial charge >= 0.3 is 5.97 Å².